The van der Waals surface area contributed by atoms with Crippen LogP contribution in [0.15, 0.2) is 15.8 Å². The van der Waals surface area contributed by atoms with E-state index < -0.39 is 23.1 Å². The standard InChI is InChI=1S/C13H19FN4O3/c14-10-8-18(13(21)17-11(10)19)12(20)16-5-1-2-9-3-6-15-7-4-9/h8-9,15H,1-7H2,(H,16,20)(H,17,19,21). The van der Waals surface area contributed by atoms with Gasteiger partial charge >= 0.3 is 11.7 Å². The van der Waals surface area contributed by atoms with Crippen molar-refractivity contribution in [2.75, 3.05) is 19.6 Å². The van der Waals surface area contributed by atoms with Crippen LogP contribution in [0.2, 0.25) is 0 Å². The molecule has 1 amide bonds. The molecule has 1 aromatic rings. The number of amides is 1. The van der Waals surface area contributed by atoms with Crippen molar-refractivity contribution >= 4 is 6.03 Å². The summed E-state index contributed by atoms with van der Waals surface area (Å²) in [6.07, 6.45) is 4.69. The van der Waals surface area contributed by atoms with Crippen molar-refractivity contribution in [1.82, 2.24) is 20.2 Å². The van der Waals surface area contributed by atoms with E-state index in [1.807, 2.05) is 0 Å². The molecule has 116 valence electrons. The van der Waals surface area contributed by atoms with Gasteiger partial charge in [0.1, 0.15) is 0 Å². The first-order valence-corrected chi connectivity index (χ1v) is 7.08. The summed E-state index contributed by atoms with van der Waals surface area (Å²) in [5.41, 5.74) is -2.08. The maximum absolute atomic E-state index is 13.1. The van der Waals surface area contributed by atoms with Gasteiger partial charge < -0.3 is 10.6 Å². The fourth-order valence-corrected chi connectivity index (χ4v) is 2.44. The highest BCUT2D eigenvalue weighted by atomic mass is 19.1. The third-order valence-corrected chi connectivity index (χ3v) is 3.64. The normalized spacial score (nSPS) is 15.9. The minimum atomic E-state index is -1.17. The Balaban J connectivity index is 1.80. The molecule has 1 aliphatic heterocycles. The molecule has 21 heavy (non-hydrogen) atoms. The summed E-state index contributed by atoms with van der Waals surface area (Å²) in [4.78, 5) is 35.7. The van der Waals surface area contributed by atoms with Crippen molar-refractivity contribution < 1.29 is 9.18 Å². The van der Waals surface area contributed by atoms with Crippen molar-refractivity contribution in [3.8, 4) is 0 Å². The molecule has 3 N–H and O–H groups in total. The third-order valence-electron chi connectivity index (χ3n) is 3.64. The Morgan fingerprint density at radius 2 is 2.10 bits per heavy atom. The zero-order valence-corrected chi connectivity index (χ0v) is 11.7. The van der Waals surface area contributed by atoms with E-state index in [4.69, 9.17) is 0 Å². The fraction of sp³-hybridized carbons (Fsp3) is 0.615. The minimum Gasteiger partial charge on any atom is -0.337 e. The predicted octanol–water partition coefficient (Wildman–Crippen LogP) is 0.0132. The highest BCUT2D eigenvalue weighted by Crippen LogP contribution is 2.16. The summed E-state index contributed by atoms with van der Waals surface area (Å²) in [6, 6.07) is -0.736. The molecule has 8 heteroatoms. The van der Waals surface area contributed by atoms with Gasteiger partial charge in [-0.3, -0.25) is 9.78 Å². The van der Waals surface area contributed by atoms with Gasteiger partial charge in [0, 0.05) is 6.54 Å². The van der Waals surface area contributed by atoms with Gasteiger partial charge in [0.25, 0.3) is 5.56 Å². The summed E-state index contributed by atoms with van der Waals surface area (Å²) in [5.74, 6) is -0.504. The highest BCUT2D eigenvalue weighted by molar-refractivity contribution is 5.76. The topological polar surface area (TPSA) is 96.0 Å². The molecular formula is C13H19FN4O3. The van der Waals surface area contributed by atoms with Crippen molar-refractivity contribution in [3.63, 3.8) is 0 Å². The maximum atomic E-state index is 13.1. The minimum absolute atomic E-state index is 0.413. The monoisotopic (exact) mass is 298 g/mol. The van der Waals surface area contributed by atoms with Gasteiger partial charge in [-0.15, -0.1) is 0 Å². The van der Waals surface area contributed by atoms with Crippen LogP contribution in [0.4, 0.5) is 9.18 Å². The molecule has 0 unspecified atom stereocenters. The Morgan fingerprint density at radius 3 is 2.81 bits per heavy atom. The molecule has 0 aromatic carbocycles. The summed E-state index contributed by atoms with van der Waals surface area (Å²) < 4.78 is 13.6. The highest BCUT2D eigenvalue weighted by Gasteiger charge is 2.13. The number of nitrogens with zero attached hydrogens (tertiary/aromatic N) is 1. The lowest BCUT2D eigenvalue weighted by molar-refractivity contribution is 0.240. The van der Waals surface area contributed by atoms with Crippen LogP contribution in [0.3, 0.4) is 0 Å². The SMILES string of the molecule is O=C(NCCCC1CCNCC1)n1cc(F)c(=O)[nH]c1=O. The van der Waals surface area contributed by atoms with E-state index in [9.17, 15) is 18.8 Å². The number of hydrogen-bond donors (Lipinski definition) is 3. The average molecular weight is 298 g/mol. The largest absolute Gasteiger partial charge is 0.337 e. The second-order valence-electron chi connectivity index (χ2n) is 5.17. The van der Waals surface area contributed by atoms with Gasteiger partial charge in [-0.25, -0.2) is 14.2 Å². The van der Waals surface area contributed by atoms with E-state index >= 15 is 0 Å². The third kappa shape index (κ3) is 4.25. The van der Waals surface area contributed by atoms with Gasteiger partial charge in [-0.1, -0.05) is 0 Å². The second kappa shape index (κ2) is 7.16. The van der Waals surface area contributed by atoms with Crippen LogP contribution in [0.1, 0.15) is 25.7 Å². The Labute approximate surface area is 120 Å². The van der Waals surface area contributed by atoms with Crippen LogP contribution >= 0.6 is 0 Å². The predicted molar refractivity (Wildman–Crippen MR) is 74.9 cm³/mol. The van der Waals surface area contributed by atoms with E-state index in [1.54, 1.807) is 4.98 Å². The number of aromatic nitrogens is 2. The number of nitrogens with one attached hydrogen (secondary N) is 3. The molecule has 0 atom stereocenters. The zero-order chi connectivity index (χ0) is 15.2. The molecule has 7 nitrogen and oxygen atoms in total. The second-order valence-corrected chi connectivity index (χ2v) is 5.17. The van der Waals surface area contributed by atoms with E-state index in [1.165, 1.54) is 0 Å². The van der Waals surface area contributed by atoms with Crippen molar-refractivity contribution in [2.45, 2.75) is 25.7 Å². The Kier molecular flexibility index (Phi) is 5.26. The Hall–Kier alpha value is -1.96. The van der Waals surface area contributed by atoms with E-state index in [2.05, 4.69) is 10.6 Å². The smallest absolute Gasteiger partial charge is 0.336 e. The number of piperidine rings is 1. The maximum Gasteiger partial charge on any atom is 0.336 e. The zero-order valence-electron chi connectivity index (χ0n) is 11.7. The van der Waals surface area contributed by atoms with E-state index in [-0.39, 0.29) is 0 Å². The van der Waals surface area contributed by atoms with Crippen LogP contribution in [0.25, 0.3) is 0 Å². The average Bonchev–Trinajstić information content (AvgIpc) is 2.48. The summed E-state index contributed by atoms with van der Waals surface area (Å²) in [6.45, 7) is 2.47. The van der Waals surface area contributed by atoms with E-state index in [0.717, 1.165) is 38.8 Å². The number of halogens is 1. The number of carbonyl (C=O) groups is 1. The van der Waals surface area contributed by atoms with Gasteiger partial charge in [0.05, 0.1) is 6.20 Å². The lowest BCUT2D eigenvalue weighted by Gasteiger charge is -2.22. The van der Waals surface area contributed by atoms with Crippen molar-refractivity contribution in [3.05, 3.63) is 32.9 Å². The molecular weight excluding hydrogens is 279 g/mol. The van der Waals surface area contributed by atoms with Crippen LogP contribution in [-0.2, 0) is 0 Å². The molecule has 2 heterocycles. The molecule has 0 aliphatic carbocycles. The molecule has 2 rings (SSSR count). The first kappa shape index (κ1) is 15.4. The number of carbonyl (C=O) groups excluding carboxylic acids is 1. The molecule has 1 aromatic heterocycles. The van der Waals surface area contributed by atoms with Crippen LogP contribution in [0.5, 0.6) is 0 Å². The number of hydrogen-bond acceptors (Lipinski definition) is 4. The van der Waals surface area contributed by atoms with Crippen LogP contribution in [-0.4, -0.2) is 35.2 Å². The summed E-state index contributed by atoms with van der Waals surface area (Å²) in [7, 11) is 0. The van der Waals surface area contributed by atoms with Crippen LogP contribution in [0, 0.1) is 11.7 Å². The quantitative estimate of drug-likeness (QED) is 0.682. The van der Waals surface area contributed by atoms with Crippen molar-refractivity contribution in [2.24, 2.45) is 5.92 Å². The van der Waals surface area contributed by atoms with E-state index in [0.29, 0.717) is 23.2 Å². The van der Waals surface area contributed by atoms with Crippen LogP contribution < -0.4 is 21.9 Å². The molecule has 1 saturated heterocycles. The number of rotatable bonds is 4. The lowest BCUT2D eigenvalue weighted by atomic mass is 9.93. The Morgan fingerprint density at radius 1 is 1.38 bits per heavy atom. The molecule has 0 saturated carbocycles. The first-order valence-electron chi connectivity index (χ1n) is 7.08. The summed E-state index contributed by atoms with van der Waals surface area (Å²) in [5, 5.41) is 5.83. The molecule has 1 fully saturated rings. The van der Waals surface area contributed by atoms with Gasteiger partial charge in [0.15, 0.2) is 0 Å². The Bertz CT molecular complexity index is 604. The number of H-pyrrole nitrogens is 1. The molecule has 0 radical (unpaired) electrons. The molecule has 1 aliphatic rings. The van der Waals surface area contributed by atoms with Crippen molar-refractivity contribution in [1.29, 1.82) is 0 Å². The number of aromatic amines is 1. The summed E-state index contributed by atoms with van der Waals surface area (Å²) >= 11 is 0. The molecule has 0 spiro atoms. The first-order chi connectivity index (χ1) is 10.1. The van der Waals surface area contributed by atoms with Gasteiger partial charge in [0.2, 0.25) is 5.82 Å². The fourth-order valence-electron chi connectivity index (χ4n) is 2.44. The lowest BCUT2D eigenvalue weighted by Crippen LogP contribution is -2.41. The van der Waals surface area contributed by atoms with Gasteiger partial charge in [-0.05, 0) is 44.7 Å². The molecule has 0 bridgehead atoms. The van der Waals surface area contributed by atoms with Gasteiger partial charge in [-0.2, -0.15) is 4.39 Å².